The summed E-state index contributed by atoms with van der Waals surface area (Å²) in [5.74, 6) is 1.15. The number of hydrogen-bond donors (Lipinski definition) is 0. The summed E-state index contributed by atoms with van der Waals surface area (Å²) in [7, 11) is 3.10. The lowest BCUT2D eigenvalue weighted by atomic mass is 10.0. The first-order valence-corrected chi connectivity index (χ1v) is 12.1. The Balaban J connectivity index is 1.73. The van der Waals surface area contributed by atoms with Gasteiger partial charge in [-0.15, -0.1) is 0 Å². The van der Waals surface area contributed by atoms with Crippen LogP contribution in [-0.4, -0.2) is 55.3 Å². The van der Waals surface area contributed by atoms with Crippen molar-refractivity contribution in [3.8, 4) is 11.5 Å². The quantitative estimate of drug-likeness (QED) is 0.529. The molecule has 1 amide bonds. The second kappa shape index (κ2) is 10.0. The first-order chi connectivity index (χ1) is 16.7. The fourth-order valence-corrected chi connectivity index (χ4v) is 4.92. The number of nitrogens with zero attached hydrogens (tertiary/aromatic N) is 3. The molecule has 35 heavy (non-hydrogen) atoms. The molecular weight excluding hydrogens is 442 g/mol. The predicted molar refractivity (Wildman–Crippen MR) is 140 cm³/mol. The van der Waals surface area contributed by atoms with Gasteiger partial charge < -0.3 is 23.8 Å². The fourth-order valence-electron chi connectivity index (χ4n) is 4.92. The smallest absolute Gasteiger partial charge is 0.258 e. The Labute approximate surface area is 206 Å². The minimum Gasteiger partial charge on any atom is -0.493 e. The summed E-state index contributed by atoms with van der Waals surface area (Å²) in [6.07, 6.45) is 1.72. The molecule has 2 aromatic carbocycles. The van der Waals surface area contributed by atoms with Gasteiger partial charge in [0, 0.05) is 49.5 Å². The number of carbonyl (C=O) groups excluding carboxylic acids is 1. The van der Waals surface area contributed by atoms with Crippen molar-refractivity contribution in [2.45, 2.75) is 40.3 Å². The highest BCUT2D eigenvalue weighted by atomic mass is 16.5. The Hall–Kier alpha value is -3.48. The van der Waals surface area contributed by atoms with Crippen molar-refractivity contribution < 1.29 is 14.3 Å². The zero-order valence-corrected chi connectivity index (χ0v) is 21.5. The van der Waals surface area contributed by atoms with Crippen LogP contribution in [0.25, 0.3) is 10.8 Å². The molecule has 0 saturated carbocycles. The average molecular weight is 478 g/mol. The third-order valence-electron chi connectivity index (χ3n) is 6.63. The first kappa shape index (κ1) is 24.6. The van der Waals surface area contributed by atoms with Gasteiger partial charge in [0.1, 0.15) is 0 Å². The van der Waals surface area contributed by atoms with E-state index in [0.717, 1.165) is 6.54 Å². The zero-order valence-electron chi connectivity index (χ0n) is 21.5. The van der Waals surface area contributed by atoms with E-state index in [0.29, 0.717) is 47.5 Å². The Morgan fingerprint density at radius 1 is 1.06 bits per heavy atom. The summed E-state index contributed by atoms with van der Waals surface area (Å²) in [6, 6.07) is 12.1. The molecule has 0 radical (unpaired) electrons. The highest BCUT2D eigenvalue weighted by molar-refractivity contribution is 6.07. The SMILES string of the molecule is COc1cc2c(C(=O)N3CCN(c4cccc(C)c4)[C@H](C)C3)cn(CC(C)C)c(=O)c2cc1OC. The molecule has 0 N–H and O–H groups in total. The van der Waals surface area contributed by atoms with Gasteiger partial charge in [-0.25, -0.2) is 0 Å². The number of piperazine rings is 1. The van der Waals surface area contributed by atoms with Crippen molar-refractivity contribution in [1.29, 1.82) is 0 Å². The maximum Gasteiger partial charge on any atom is 0.258 e. The standard InChI is InChI=1S/C28H35N3O4/c1-18(2)15-30-17-24(22-13-25(34-5)26(35-6)14-23(22)27(30)32)28(33)29-10-11-31(20(4)16-29)21-9-7-8-19(3)12-21/h7-9,12-14,17-18,20H,10-11,15-16H2,1-6H3/t20-/m1/s1. The number of hydrogen-bond acceptors (Lipinski definition) is 5. The van der Waals surface area contributed by atoms with E-state index in [1.54, 1.807) is 37.1 Å². The maximum absolute atomic E-state index is 13.9. The first-order valence-electron chi connectivity index (χ1n) is 12.1. The topological polar surface area (TPSA) is 64.0 Å². The summed E-state index contributed by atoms with van der Waals surface area (Å²) >= 11 is 0. The molecule has 3 aromatic rings. The van der Waals surface area contributed by atoms with Crippen LogP contribution in [-0.2, 0) is 6.54 Å². The Morgan fingerprint density at radius 2 is 1.74 bits per heavy atom. The van der Waals surface area contributed by atoms with Crippen molar-refractivity contribution in [3.63, 3.8) is 0 Å². The molecule has 0 bridgehead atoms. The van der Waals surface area contributed by atoms with E-state index >= 15 is 0 Å². The Morgan fingerprint density at radius 3 is 2.34 bits per heavy atom. The monoisotopic (exact) mass is 477 g/mol. The molecule has 1 aliphatic heterocycles. The lowest BCUT2D eigenvalue weighted by Gasteiger charge is -2.41. The highest BCUT2D eigenvalue weighted by Gasteiger charge is 2.29. The van der Waals surface area contributed by atoms with Crippen molar-refractivity contribution >= 4 is 22.4 Å². The van der Waals surface area contributed by atoms with Crippen LogP contribution in [0.4, 0.5) is 5.69 Å². The van der Waals surface area contributed by atoms with Crippen LogP contribution in [0.3, 0.4) is 0 Å². The van der Waals surface area contributed by atoms with Crippen molar-refractivity contribution in [3.05, 3.63) is 64.1 Å². The number of fused-ring (bicyclic) bond motifs is 1. The molecule has 4 rings (SSSR count). The van der Waals surface area contributed by atoms with Crippen molar-refractivity contribution in [2.24, 2.45) is 5.92 Å². The van der Waals surface area contributed by atoms with Crippen LogP contribution in [0.2, 0.25) is 0 Å². The van der Waals surface area contributed by atoms with Gasteiger partial charge in [0.25, 0.3) is 11.5 Å². The number of aryl methyl sites for hydroxylation is 1. The van der Waals surface area contributed by atoms with Gasteiger partial charge in [-0.05, 0) is 49.6 Å². The number of methoxy groups -OCH3 is 2. The molecule has 7 nitrogen and oxygen atoms in total. The normalized spacial score (nSPS) is 16.1. The fraction of sp³-hybridized carbons (Fsp3) is 0.429. The molecule has 1 fully saturated rings. The van der Waals surface area contributed by atoms with Crippen LogP contribution in [0.5, 0.6) is 11.5 Å². The molecule has 0 aliphatic carbocycles. The molecule has 0 spiro atoms. The third-order valence-corrected chi connectivity index (χ3v) is 6.63. The van der Waals surface area contributed by atoms with E-state index in [1.807, 2.05) is 4.90 Å². The molecule has 0 unspecified atom stereocenters. The van der Waals surface area contributed by atoms with E-state index in [9.17, 15) is 9.59 Å². The second-order valence-corrected chi connectivity index (χ2v) is 9.78. The van der Waals surface area contributed by atoms with E-state index in [4.69, 9.17) is 9.47 Å². The summed E-state index contributed by atoms with van der Waals surface area (Å²) in [6.45, 7) is 10.8. The summed E-state index contributed by atoms with van der Waals surface area (Å²) in [5, 5.41) is 1.05. The summed E-state index contributed by atoms with van der Waals surface area (Å²) in [4.78, 5) is 31.4. The lowest BCUT2D eigenvalue weighted by Crippen LogP contribution is -2.54. The Bertz CT molecular complexity index is 1300. The van der Waals surface area contributed by atoms with Gasteiger partial charge in [0.05, 0.1) is 25.2 Å². The van der Waals surface area contributed by atoms with Crippen LogP contribution in [0.1, 0.15) is 36.7 Å². The molecular formula is C28H35N3O4. The number of carbonyl (C=O) groups is 1. The molecule has 1 saturated heterocycles. The molecule has 1 atom stereocenters. The zero-order chi connectivity index (χ0) is 25.3. The highest BCUT2D eigenvalue weighted by Crippen LogP contribution is 2.33. The summed E-state index contributed by atoms with van der Waals surface area (Å²) in [5.41, 5.74) is 2.77. The molecule has 186 valence electrons. The van der Waals surface area contributed by atoms with Crippen molar-refractivity contribution in [1.82, 2.24) is 9.47 Å². The van der Waals surface area contributed by atoms with Gasteiger partial charge in [0.2, 0.25) is 0 Å². The lowest BCUT2D eigenvalue weighted by molar-refractivity contribution is 0.0727. The van der Waals surface area contributed by atoms with Gasteiger partial charge in [-0.1, -0.05) is 26.0 Å². The number of rotatable bonds is 6. The molecule has 7 heteroatoms. The number of amides is 1. The number of benzene rings is 2. The summed E-state index contributed by atoms with van der Waals surface area (Å²) < 4.78 is 12.6. The minimum atomic E-state index is -0.135. The third kappa shape index (κ3) is 4.85. The molecule has 2 heterocycles. The van der Waals surface area contributed by atoms with E-state index in [-0.39, 0.29) is 23.4 Å². The predicted octanol–water partition coefficient (Wildman–Crippen LogP) is 4.33. The second-order valence-electron chi connectivity index (χ2n) is 9.78. The largest absolute Gasteiger partial charge is 0.493 e. The van der Waals surface area contributed by atoms with Crippen molar-refractivity contribution in [2.75, 3.05) is 38.8 Å². The van der Waals surface area contributed by atoms with Crippen LogP contribution in [0, 0.1) is 12.8 Å². The number of aromatic nitrogens is 1. The maximum atomic E-state index is 13.9. The van der Waals surface area contributed by atoms with E-state index in [2.05, 4.69) is 56.9 Å². The number of ether oxygens (including phenoxy) is 2. The van der Waals surface area contributed by atoms with Gasteiger partial charge in [-0.3, -0.25) is 9.59 Å². The van der Waals surface area contributed by atoms with Crippen LogP contribution >= 0.6 is 0 Å². The Kier molecular flexibility index (Phi) is 7.05. The van der Waals surface area contributed by atoms with Crippen LogP contribution in [0.15, 0.2) is 47.4 Å². The number of pyridine rings is 1. The van der Waals surface area contributed by atoms with Gasteiger partial charge in [0.15, 0.2) is 11.5 Å². The van der Waals surface area contributed by atoms with Crippen LogP contribution < -0.4 is 19.9 Å². The average Bonchev–Trinajstić information content (AvgIpc) is 2.84. The number of anilines is 1. The molecule has 1 aliphatic rings. The minimum absolute atomic E-state index is 0.0736. The van der Waals surface area contributed by atoms with E-state index in [1.165, 1.54) is 11.3 Å². The van der Waals surface area contributed by atoms with E-state index < -0.39 is 0 Å². The molecule has 1 aromatic heterocycles. The van der Waals surface area contributed by atoms with Gasteiger partial charge >= 0.3 is 0 Å². The van der Waals surface area contributed by atoms with Gasteiger partial charge in [-0.2, -0.15) is 0 Å².